The Kier molecular flexibility index (Phi) is 6.74. The van der Waals surface area contributed by atoms with E-state index < -0.39 is 0 Å². The van der Waals surface area contributed by atoms with E-state index in [1.54, 1.807) is 0 Å². The SMILES string of the molecule is CCN(C)CC(=O)N1CCc2nc(Nc3ncc4c5ccccc5n([C@H]5CC[C@H](C)CC5)c4n3)ccc2C1. The molecule has 2 aliphatic rings. The highest BCUT2D eigenvalue weighted by Gasteiger charge is 2.25. The average molecular weight is 512 g/mol. The van der Waals surface area contributed by atoms with Crippen molar-refractivity contribution in [2.75, 3.05) is 32.0 Å². The van der Waals surface area contributed by atoms with Crippen molar-refractivity contribution in [3.63, 3.8) is 0 Å². The van der Waals surface area contributed by atoms with Crippen LogP contribution in [-0.2, 0) is 17.8 Å². The molecule has 1 fully saturated rings. The molecule has 0 unspecified atom stereocenters. The predicted octanol–water partition coefficient (Wildman–Crippen LogP) is 5.31. The van der Waals surface area contributed by atoms with Gasteiger partial charge >= 0.3 is 0 Å². The highest BCUT2D eigenvalue weighted by Crippen LogP contribution is 2.38. The minimum Gasteiger partial charge on any atom is -0.337 e. The summed E-state index contributed by atoms with van der Waals surface area (Å²) >= 11 is 0. The van der Waals surface area contributed by atoms with Gasteiger partial charge in [0.25, 0.3) is 0 Å². The molecule has 1 aliphatic carbocycles. The van der Waals surface area contributed by atoms with Gasteiger partial charge in [-0.3, -0.25) is 9.69 Å². The van der Waals surface area contributed by atoms with Crippen LogP contribution < -0.4 is 5.32 Å². The van der Waals surface area contributed by atoms with E-state index in [1.807, 2.05) is 29.1 Å². The van der Waals surface area contributed by atoms with Gasteiger partial charge in [0, 0.05) is 48.2 Å². The van der Waals surface area contributed by atoms with E-state index in [9.17, 15) is 4.79 Å². The number of carbonyl (C=O) groups excluding carboxylic acids is 1. The zero-order valence-corrected chi connectivity index (χ0v) is 22.7. The summed E-state index contributed by atoms with van der Waals surface area (Å²) in [5.41, 5.74) is 4.38. The predicted molar refractivity (Wildman–Crippen MR) is 152 cm³/mol. The normalized spacial score (nSPS) is 19.7. The zero-order chi connectivity index (χ0) is 26.2. The Labute approximate surface area is 224 Å². The monoisotopic (exact) mass is 511 g/mol. The number of anilines is 2. The van der Waals surface area contributed by atoms with Crippen molar-refractivity contribution in [2.45, 2.75) is 58.5 Å². The number of rotatable bonds is 6. The maximum absolute atomic E-state index is 12.6. The fourth-order valence-electron chi connectivity index (χ4n) is 5.96. The van der Waals surface area contributed by atoms with E-state index in [1.165, 1.54) is 36.6 Å². The van der Waals surface area contributed by atoms with Crippen LogP contribution in [0.3, 0.4) is 0 Å². The number of nitrogens with zero attached hydrogens (tertiary/aromatic N) is 6. The lowest BCUT2D eigenvalue weighted by Crippen LogP contribution is -2.41. The first kappa shape index (κ1) is 24.8. The minimum atomic E-state index is 0.173. The van der Waals surface area contributed by atoms with Crippen molar-refractivity contribution in [1.82, 2.24) is 29.3 Å². The van der Waals surface area contributed by atoms with Gasteiger partial charge in [0.05, 0.1) is 12.1 Å². The number of pyridine rings is 1. The fourth-order valence-corrected chi connectivity index (χ4v) is 5.96. The second-order valence-corrected chi connectivity index (χ2v) is 11.1. The van der Waals surface area contributed by atoms with E-state index in [4.69, 9.17) is 9.97 Å². The summed E-state index contributed by atoms with van der Waals surface area (Å²) in [5, 5.41) is 5.67. The molecular weight excluding hydrogens is 474 g/mol. The van der Waals surface area contributed by atoms with Crippen LogP contribution in [0.25, 0.3) is 21.9 Å². The second-order valence-electron chi connectivity index (χ2n) is 11.1. The van der Waals surface area contributed by atoms with Crippen molar-refractivity contribution in [1.29, 1.82) is 0 Å². The van der Waals surface area contributed by atoms with E-state index >= 15 is 0 Å². The first-order chi connectivity index (χ1) is 18.5. The Balaban J connectivity index is 1.26. The first-order valence-corrected chi connectivity index (χ1v) is 14.0. The molecule has 4 heterocycles. The highest BCUT2D eigenvalue weighted by atomic mass is 16.2. The third-order valence-electron chi connectivity index (χ3n) is 8.39. The molecule has 198 valence electrons. The average Bonchev–Trinajstić information content (AvgIpc) is 3.26. The van der Waals surface area contributed by atoms with Crippen molar-refractivity contribution in [3.8, 4) is 0 Å². The summed E-state index contributed by atoms with van der Waals surface area (Å²) in [6, 6.07) is 13.1. The largest absolute Gasteiger partial charge is 0.337 e. The molecule has 8 heteroatoms. The molecule has 4 aromatic rings. The Hall–Kier alpha value is -3.52. The number of para-hydroxylation sites is 1. The van der Waals surface area contributed by atoms with Gasteiger partial charge in [0.15, 0.2) is 0 Å². The summed E-state index contributed by atoms with van der Waals surface area (Å²) in [6.45, 7) is 7.05. The van der Waals surface area contributed by atoms with Gasteiger partial charge < -0.3 is 14.8 Å². The molecule has 0 saturated heterocycles. The molecule has 1 aromatic carbocycles. The number of nitrogens with one attached hydrogen (secondary N) is 1. The summed E-state index contributed by atoms with van der Waals surface area (Å²) < 4.78 is 2.45. The van der Waals surface area contributed by atoms with E-state index in [2.05, 4.69) is 59.0 Å². The van der Waals surface area contributed by atoms with Crippen molar-refractivity contribution < 1.29 is 4.79 Å². The van der Waals surface area contributed by atoms with E-state index in [0.717, 1.165) is 47.0 Å². The highest BCUT2D eigenvalue weighted by molar-refractivity contribution is 6.06. The molecule has 0 radical (unpaired) electrons. The molecule has 0 atom stereocenters. The molecule has 3 aromatic heterocycles. The first-order valence-electron chi connectivity index (χ1n) is 14.0. The van der Waals surface area contributed by atoms with Gasteiger partial charge in [-0.05, 0) is 62.9 Å². The second kappa shape index (κ2) is 10.3. The Morgan fingerprint density at radius 2 is 1.89 bits per heavy atom. The van der Waals surface area contributed by atoms with Crippen LogP contribution in [0.5, 0.6) is 0 Å². The number of likely N-dealkylation sites (N-methyl/N-ethyl adjacent to an activating group) is 1. The summed E-state index contributed by atoms with van der Waals surface area (Å²) in [7, 11) is 1.98. The van der Waals surface area contributed by atoms with Crippen LogP contribution >= 0.6 is 0 Å². The molecule has 1 saturated carbocycles. The van der Waals surface area contributed by atoms with Gasteiger partial charge in [0.1, 0.15) is 11.5 Å². The maximum atomic E-state index is 12.6. The molecule has 6 rings (SSSR count). The summed E-state index contributed by atoms with van der Waals surface area (Å²) in [6.07, 6.45) is 7.58. The standard InChI is InChI=1S/C30H37N7O/c1-4-35(3)19-28(38)36-16-15-25-21(18-36)11-14-27(32-25)33-30-31-17-24-23-7-5-6-8-26(23)37(29(24)34-30)22-12-9-20(2)10-13-22/h5-8,11,14,17,20,22H,4,9-10,12-13,15-16,18-19H2,1-3H3,(H,31,32,33,34)/t20-,22-. The molecule has 38 heavy (non-hydrogen) atoms. The van der Waals surface area contributed by atoms with Crippen molar-refractivity contribution in [3.05, 3.63) is 53.9 Å². The van der Waals surface area contributed by atoms with Crippen LogP contribution in [0.1, 0.15) is 56.8 Å². The Bertz CT molecular complexity index is 1470. The summed E-state index contributed by atoms with van der Waals surface area (Å²) in [4.78, 5) is 31.2. The zero-order valence-electron chi connectivity index (χ0n) is 22.7. The van der Waals surface area contributed by atoms with Gasteiger partial charge in [-0.1, -0.05) is 38.1 Å². The molecule has 1 amide bonds. The lowest BCUT2D eigenvalue weighted by molar-refractivity contribution is -0.133. The number of amides is 1. The third-order valence-corrected chi connectivity index (χ3v) is 8.39. The van der Waals surface area contributed by atoms with Gasteiger partial charge in [-0.25, -0.2) is 9.97 Å². The number of hydrogen-bond donors (Lipinski definition) is 1. The minimum absolute atomic E-state index is 0.173. The fraction of sp³-hybridized carbons (Fsp3) is 0.467. The smallest absolute Gasteiger partial charge is 0.237 e. The topological polar surface area (TPSA) is 79.2 Å². The molecule has 1 N–H and O–H groups in total. The number of benzene rings is 1. The van der Waals surface area contributed by atoms with Crippen LogP contribution in [0.2, 0.25) is 0 Å². The molecule has 1 aliphatic heterocycles. The molecule has 8 nitrogen and oxygen atoms in total. The van der Waals surface area contributed by atoms with Crippen molar-refractivity contribution in [2.24, 2.45) is 5.92 Å². The lowest BCUT2D eigenvalue weighted by Gasteiger charge is -2.30. The quantitative estimate of drug-likeness (QED) is 0.378. The molecular formula is C30H37N7O. The van der Waals surface area contributed by atoms with Gasteiger partial charge in [-0.2, -0.15) is 4.98 Å². The van der Waals surface area contributed by atoms with Crippen molar-refractivity contribution >= 4 is 39.6 Å². The van der Waals surface area contributed by atoms with Crippen LogP contribution in [0.15, 0.2) is 42.6 Å². The van der Waals surface area contributed by atoms with Crippen LogP contribution in [0, 0.1) is 5.92 Å². The van der Waals surface area contributed by atoms with Gasteiger partial charge in [-0.15, -0.1) is 0 Å². The third kappa shape index (κ3) is 4.73. The van der Waals surface area contributed by atoms with Crippen LogP contribution in [-0.4, -0.2) is 61.9 Å². The van der Waals surface area contributed by atoms with Gasteiger partial charge in [0.2, 0.25) is 11.9 Å². The van der Waals surface area contributed by atoms with E-state index in [-0.39, 0.29) is 5.91 Å². The Morgan fingerprint density at radius 1 is 1.08 bits per heavy atom. The number of carbonyl (C=O) groups is 1. The molecule has 0 bridgehead atoms. The number of aromatic nitrogens is 4. The number of hydrogen-bond acceptors (Lipinski definition) is 6. The molecule has 0 spiro atoms. The van der Waals surface area contributed by atoms with E-state index in [0.29, 0.717) is 31.6 Å². The Morgan fingerprint density at radius 3 is 2.71 bits per heavy atom. The van der Waals surface area contributed by atoms with Crippen LogP contribution in [0.4, 0.5) is 11.8 Å². The summed E-state index contributed by atoms with van der Waals surface area (Å²) in [5.74, 6) is 2.27. The number of fused-ring (bicyclic) bond motifs is 4. The maximum Gasteiger partial charge on any atom is 0.237 e. The lowest BCUT2D eigenvalue weighted by atomic mass is 9.87.